The number of nitrogens with zero attached hydrogens (tertiary/aromatic N) is 2. The fraction of sp³-hybridized carbons (Fsp3) is 0.318. The van der Waals surface area contributed by atoms with Gasteiger partial charge in [0.25, 0.3) is 0 Å². The molecule has 186 valence electrons. The number of benzene rings is 1. The molecule has 0 bridgehead atoms. The Morgan fingerprint density at radius 2 is 1.83 bits per heavy atom. The Morgan fingerprint density at radius 1 is 1.11 bits per heavy atom. The van der Waals surface area contributed by atoms with E-state index in [2.05, 4.69) is 20.0 Å². The zero-order chi connectivity index (χ0) is 25.6. The second kappa shape index (κ2) is 8.86. The molecule has 0 saturated heterocycles. The quantitative estimate of drug-likeness (QED) is 0.412. The number of pyridine rings is 1. The smallest absolute Gasteiger partial charge is 0.323 e. The van der Waals surface area contributed by atoms with Crippen LogP contribution in [0.25, 0.3) is 11.1 Å². The Morgan fingerprint density at radius 3 is 2.46 bits per heavy atom. The van der Waals surface area contributed by atoms with Crippen LogP contribution in [-0.4, -0.2) is 29.5 Å². The zero-order valence-corrected chi connectivity index (χ0v) is 20.1. The Kier molecular flexibility index (Phi) is 6.34. The zero-order valence-electron chi connectivity index (χ0n) is 18.5. The van der Waals surface area contributed by atoms with Crippen molar-refractivity contribution in [3.63, 3.8) is 0 Å². The van der Waals surface area contributed by atoms with Gasteiger partial charge in [-0.15, -0.1) is 11.3 Å². The molecule has 2 N–H and O–H groups in total. The summed E-state index contributed by atoms with van der Waals surface area (Å²) in [6.45, 7) is 3.11. The summed E-state index contributed by atoms with van der Waals surface area (Å²) in [5, 5.41) is 3.72. The van der Waals surface area contributed by atoms with Crippen molar-refractivity contribution in [2.75, 3.05) is 10.0 Å². The SMILES string of the molecule is CC(C)(C(=O)Nc1ccc(-c2cncc(C(F)(F)F)c2)cc1F)c1csc(NS(=O)(=O)C2CC2)n1. The van der Waals surface area contributed by atoms with Crippen LogP contribution in [0.3, 0.4) is 0 Å². The van der Waals surface area contributed by atoms with E-state index in [4.69, 9.17) is 0 Å². The first-order valence-electron chi connectivity index (χ1n) is 10.4. The van der Waals surface area contributed by atoms with Crippen LogP contribution < -0.4 is 10.0 Å². The lowest BCUT2D eigenvalue weighted by molar-refractivity contribution is -0.137. The number of sulfonamides is 1. The van der Waals surface area contributed by atoms with Crippen LogP contribution in [0.4, 0.5) is 28.4 Å². The normalized spacial score (nSPS) is 14.6. The van der Waals surface area contributed by atoms with E-state index < -0.39 is 44.2 Å². The molecule has 35 heavy (non-hydrogen) atoms. The average molecular weight is 529 g/mol. The maximum Gasteiger partial charge on any atom is 0.417 e. The number of carbonyl (C=O) groups is 1. The van der Waals surface area contributed by atoms with Gasteiger partial charge in [0.1, 0.15) is 5.82 Å². The number of thiazole rings is 1. The topological polar surface area (TPSA) is 101 Å². The molecule has 0 spiro atoms. The highest BCUT2D eigenvalue weighted by Gasteiger charge is 2.37. The summed E-state index contributed by atoms with van der Waals surface area (Å²) in [6, 6.07) is 4.49. The lowest BCUT2D eigenvalue weighted by Gasteiger charge is -2.22. The molecule has 0 atom stereocenters. The second-order valence-electron chi connectivity index (χ2n) is 8.62. The highest BCUT2D eigenvalue weighted by Crippen LogP contribution is 2.34. The van der Waals surface area contributed by atoms with Crippen LogP contribution in [0.5, 0.6) is 0 Å². The van der Waals surface area contributed by atoms with Crippen molar-refractivity contribution in [1.82, 2.24) is 9.97 Å². The standard InChI is InChI=1S/C22H20F4N4O3S2/c1-21(2,18-11-34-20(29-18)30-35(32,33)15-4-5-15)19(31)28-17-6-3-12(8-16(17)23)13-7-14(10-27-9-13)22(24,25)26/h3,6-11,15H,4-5H2,1-2H3,(H,28,31)(H,29,30). The maximum atomic E-state index is 14.7. The van der Waals surface area contributed by atoms with E-state index in [9.17, 15) is 30.8 Å². The van der Waals surface area contributed by atoms with Gasteiger partial charge in [-0.2, -0.15) is 13.2 Å². The minimum Gasteiger partial charge on any atom is -0.323 e. The number of hydrogen-bond donors (Lipinski definition) is 2. The van der Waals surface area contributed by atoms with Crippen LogP contribution in [0.2, 0.25) is 0 Å². The first-order chi connectivity index (χ1) is 16.3. The Hall–Kier alpha value is -3.06. The van der Waals surface area contributed by atoms with Crippen LogP contribution in [0.1, 0.15) is 37.9 Å². The third-order valence-electron chi connectivity index (χ3n) is 5.52. The molecule has 0 aliphatic heterocycles. The van der Waals surface area contributed by atoms with Crippen molar-refractivity contribution in [2.24, 2.45) is 0 Å². The number of hydrogen-bond acceptors (Lipinski definition) is 6. The second-order valence-corrected chi connectivity index (χ2v) is 11.4. The van der Waals surface area contributed by atoms with Gasteiger partial charge in [-0.1, -0.05) is 6.07 Å². The third-order valence-corrected chi connectivity index (χ3v) is 8.24. The molecule has 1 amide bonds. The summed E-state index contributed by atoms with van der Waals surface area (Å²) in [4.78, 5) is 20.7. The third kappa shape index (κ3) is 5.45. The first kappa shape index (κ1) is 25.0. The number of rotatable bonds is 7. The van der Waals surface area contributed by atoms with E-state index in [0.717, 1.165) is 23.5 Å². The number of anilines is 2. The Bertz CT molecular complexity index is 1380. The van der Waals surface area contributed by atoms with E-state index in [0.29, 0.717) is 24.7 Å². The van der Waals surface area contributed by atoms with Gasteiger partial charge in [-0.3, -0.25) is 14.5 Å². The fourth-order valence-corrected chi connectivity index (χ4v) is 5.61. The van der Waals surface area contributed by atoms with Gasteiger partial charge in [0.15, 0.2) is 5.13 Å². The van der Waals surface area contributed by atoms with Gasteiger partial charge in [0, 0.05) is 23.3 Å². The molecule has 1 aromatic carbocycles. The van der Waals surface area contributed by atoms with Gasteiger partial charge in [-0.25, -0.2) is 17.8 Å². The molecule has 1 aliphatic rings. The Balaban J connectivity index is 1.50. The number of halogens is 4. The van der Waals surface area contributed by atoms with Crippen molar-refractivity contribution >= 4 is 38.1 Å². The van der Waals surface area contributed by atoms with Gasteiger partial charge in [0.05, 0.1) is 27.6 Å². The molecule has 13 heteroatoms. The molecule has 1 aliphatic carbocycles. The van der Waals surface area contributed by atoms with E-state index in [1.165, 1.54) is 18.3 Å². The number of amides is 1. The van der Waals surface area contributed by atoms with E-state index in [1.54, 1.807) is 19.2 Å². The van der Waals surface area contributed by atoms with Gasteiger partial charge in [-0.05, 0) is 50.5 Å². The van der Waals surface area contributed by atoms with Crippen molar-refractivity contribution in [3.05, 3.63) is 59.1 Å². The summed E-state index contributed by atoms with van der Waals surface area (Å²) < 4.78 is 80.2. The fourth-order valence-electron chi connectivity index (χ4n) is 3.13. The van der Waals surface area contributed by atoms with E-state index in [1.807, 2.05) is 0 Å². The molecule has 2 heterocycles. The molecule has 2 aromatic heterocycles. The molecular formula is C22H20F4N4O3S2. The van der Waals surface area contributed by atoms with Crippen LogP contribution in [0, 0.1) is 5.82 Å². The summed E-state index contributed by atoms with van der Waals surface area (Å²) in [5.74, 6) is -1.45. The monoisotopic (exact) mass is 528 g/mol. The molecule has 0 unspecified atom stereocenters. The predicted octanol–water partition coefficient (Wildman–Crippen LogP) is 5.18. The number of nitrogens with one attached hydrogen (secondary N) is 2. The summed E-state index contributed by atoms with van der Waals surface area (Å²) >= 11 is 1.04. The van der Waals surface area contributed by atoms with Crippen molar-refractivity contribution in [1.29, 1.82) is 0 Å². The van der Waals surface area contributed by atoms with Crippen molar-refractivity contribution in [3.8, 4) is 11.1 Å². The summed E-state index contributed by atoms with van der Waals surface area (Å²) in [7, 11) is -3.50. The van der Waals surface area contributed by atoms with Crippen molar-refractivity contribution < 1.29 is 30.8 Å². The number of alkyl halides is 3. The van der Waals surface area contributed by atoms with Gasteiger partial charge >= 0.3 is 6.18 Å². The lowest BCUT2D eigenvalue weighted by Crippen LogP contribution is -2.35. The molecule has 3 aromatic rings. The molecule has 0 radical (unpaired) electrons. The van der Waals surface area contributed by atoms with Crippen LogP contribution in [-0.2, 0) is 26.4 Å². The first-order valence-corrected chi connectivity index (χ1v) is 12.8. The highest BCUT2D eigenvalue weighted by atomic mass is 32.2. The molecule has 1 fully saturated rings. The molecular weight excluding hydrogens is 508 g/mol. The largest absolute Gasteiger partial charge is 0.417 e. The van der Waals surface area contributed by atoms with Crippen molar-refractivity contribution in [2.45, 2.75) is 43.5 Å². The van der Waals surface area contributed by atoms with Crippen LogP contribution in [0.15, 0.2) is 42.0 Å². The maximum absolute atomic E-state index is 14.7. The number of aromatic nitrogens is 2. The lowest BCUT2D eigenvalue weighted by atomic mass is 9.89. The van der Waals surface area contributed by atoms with Gasteiger partial charge < -0.3 is 5.32 Å². The van der Waals surface area contributed by atoms with Crippen LogP contribution >= 0.6 is 11.3 Å². The molecule has 4 rings (SSSR count). The van der Waals surface area contributed by atoms with E-state index >= 15 is 0 Å². The van der Waals surface area contributed by atoms with Gasteiger partial charge in [0.2, 0.25) is 15.9 Å². The molecule has 7 nitrogen and oxygen atoms in total. The average Bonchev–Trinajstić information content (AvgIpc) is 3.55. The van der Waals surface area contributed by atoms with E-state index in [-0.39, 0.29) is 21.9 Å². The molecule has 1 saturated carbocycles. The minimum absolute atomic E-state index is 0.0700. The number of carbonyl (C=O) groups excluding carboxylic acids is 1. The summed E-state index contributed by atoms with van der Waals surface area (Å²) in [6.07, 6.45) is -1.54. The highest BCUT2D eigenvalue weighted by molar-refractivity contribution is 7.93. The minimum atomic E-state index is -4.59. The Labute approximate surface area is 202 Å². The summed E-state index contributed by atoms with van der Waals surface area (Å²) in [5.41, 5.74) is -1.85. The predicted molar refractivity (Wildman–Crippen MR) is 124 cm³/mol.